The van der Waals surface area contributed by atoms with Crippen LogP contribution in [0, 0.1) is 0 Å². The normalized spacial score (nSPS) is 11.6. The Labute approximate surface area is 115 Å². The second-order valence-electron chi connectivity index (χ2n) is 5.79. The first kappa shape index (κ1) is 15.7. The zero-order valence-corrected chi connectivity index (χ0v) is 12.5. The van der Waals surface area contributed by atoms with E-state index >= 15 is 0 Å². The Bertz CT molecular complexity index is 401. The molecule has 1 aromatic rings. The van der Waals surface area contributed by atoms with E-state index in [9.17, 15) is 5.11 Å². The standard InChI is InChI=1S/C14H26N4O/c1-5-6-7-18(8-9-19)12-10-11(15)16-13(17-12)14(2,3)4/h10,19H,5-9H2,1-4H3,(H2,15,16,17). The molecule has 0 radical (unpaired) electrons. The summed E-state index contributed by atoms with van der Waals surface area (Å²) in [6.07, 6.45) is 2.17. The van der Waals surface area contributed by atoms with Crippen LogP contribution in [-0.2, 0) is 5.41 Å². The summed E-state index contributed by atoms with van der Waals surface area (Å²) in [6.45, 7) is 9.89. The fourth-order valence-corrected chi connectivity index (χ4v) is 1.76. The Kier molecular flexibility index (Phi) is 5.54. The smallest absolute Gasteiger partial charge is 0.138 e. The van der Waals surface area contributed by atoms with Gasteiger partial charge in [-0.05, 0) is 6.42 Å². The Hall–Kier alpha value is -1.36. The lowest BCUT2D eigenvalue weighted by atomic mass is 9.96. The summed E-state index contributed by atoms with van der Waals surface area (Å²) in [5.74, 6) is 2.02. The van der Waals surface area contributed by atoms with E-state index in [1.165, 1.54) is 0 Å². The molecule has 0 atom stereocenters. The Morgan fingerprint density at radius 1 is 1.26 bits per heavy atom. The number of aliphatic hydroxyl groups is 1. The van der Waals surface area contributed by atoms with Crippen LogP contribution in [0.15, 0.2) is 6.07 Å². The van der Waals surface area contributed by atoms with Crippen LogP contribution in [-0.4, -0.2) is 34.8 Å². The Morgan fingerprint density at radius 2 is 1.95 bits per heavy atom. The molecule has 0 saturated carbocycles. The lowest BCUT2D eigenvalue weighted by Crippen LogP contribution is -2.30. The van der Waals surface area contributed by atoms with Gasteiger partial charge in [-0.15, -0.1) is 0 Å². The molecule has 0 bridgehead atoms. The van der Waals surface area contributed by atoms with Gasteiger partial charge in [0, 0.05) is 24.6 Å². The molecule has 0 aromatic carbocycles. The van der Waals surface area contributed by atoms with E-state index in [0.717, 1.165) is 31.0 Å². The van der Waals surface area contributed by atoms with Gasteiger partial charge < -0.3 is 15.7 Å². The predicted molar refractivity (Wildman–Crippen MR) is 79.4 cm³/mol. The highest BCUT2D eigenvalue weighted by molar-refractivity contribution is 5.47. The molecule has 0 saturated heterocycles. The number of aromatic nitrogens is 2. The first-order chi connectivity index (χ1) is 8.88. The summed E-state index contributed by atoms with van der Waals surface area (Å²) in [5.41, 5.74) is 5.74. The molecular formula is C14H26N4O. The van der Waals surface area contributed by atoms with Gasteiger partial charge in [0.2, 0.25) is 0 Å². The van der Waals surface area contributed by atoms with Crippen LogP contribution in [0.5, 0.6) is 0 Å². The number of hydrogen-bond donors (Lipinski definition) is 2. The highest BCUT2D eigenvalue weighted by atomic mass is 16.3. The maximum Gasteiger partial charge on any atom is 0.138 e. The average molecular weight is 266 g/mol. The number of hydrogen-bond acceptors (Lipinski definition) is 5. The second kappa shape index (κ2) is 6.70. The van der Waals surface area contributed by atoms with Crippen LogP contribution in [0.25, 0.3) is 0 Å². The number of nitrogens with zero attached hydrogens (tertiary/aromatic N) is 3. The third kappa shape index (κ3) is 4.67. The Morgan fingerprint density at radius 3 is 2.47 bits per heavy atom. The number of nitrogen functional groups attached to an aromatic ring is 1. The van der Waals surface area contributed by atoms with E-state index in [2.05, 4.69) is 42.6 Å². The molecule has 1 aromatic heterocycles. The fourth-order valence-electron chi connectivity index (χ4n) is 1.76. The summed E-state index contributed by atoms with van der Waals surface area (Å²) >= 11 is 0. The molecule has 0 aliphatic carbocycles. The molecule has 0 spiro atoms. The molecule has 0 aliphatic rings. The van der Waals surface area contributed by atoms with Gasteiger partial charge in [-0.3, -0.25) is 0 Å². The van der Waals surface area contributed by atoms with Crippen LogP contribution < -0.4 is 10.6 Å². The first-order valence-electron chi connectivity index (χ1n) is 6.89. The van der Waals surface area contributed by atoms with Crippen LogP contribution >= 0.6 is 0 Å². The minimum absolute atomic E-state index is 0.110. The van der Waals surface area contributed by atoms with Gasteiger partial charge in [0.1, 0.15) is 17.5 Å². The summed E-state index contributed by atoms with van der Waals surface area (Å²) in [4.78, 5) is 11.0. The van der Waals surface area contributed by atoms with Crippen molar-refractivity contribution >= 4 is 11.6 Å². The van der Waals surface area contributed by atoms with Gasteiger partial charge in [-0.1, -0.05) is 34.1 Å². The van der Waals surface area contributed by atoms with Crippen LogP contribution in [0.3, 0.4) is 0 Å². The summed E-state index contributed by atoms with van der Waals surface area (Å²) in [5, 5.41) is 9.18. The molecule has 108 valence electrons. The summed E-state index contributed by atoms with van der Waals surface area (Å²) in [7, 11) is 0. The van der Waals surface area contributed by atoms with Crippen molar-refractivity contribution in [2.45, 2.75) is 46.0 Å². The molecule has 5 heteroatoms. The predicted octanol–water partition coefficient (Wildman–Crippen LogP) is 1.96. The number of nitrogens with two attached hydrogens (primary N) is 1. The van der Waals surface area contributed by atoms with Gasteiger partial charge in [0.15, 0.2) is 0 Å². The van der Waals surface area contributed by atoms with E-state index < -0.39 is 0 Å². The highest BCUT2D eigenvalue weighted by Gasteiger charge is 2.20. The molecule has 0 fully saturated rings. The van der Waals surface area contributed by atoms with Crippen molar-refractivity contribution in [3.05, 3.63) is 11.9 Å². The summed E-state index contributed by atoms with van der Waals surface area (Å²) in [6, 6.07) is 1.78. The van der Waals surface area contributed by atoms with Crippen LogP contribution in [0.1, 0.15) is 46.4 Å². The Balaban J connectivity index is 3.05. The van der Waals surface area contributed by atoms with Crippen LogP contribution in [0.4, 0.5) is 11.6 Å². The third-order valence-electron chi connectivity index (χ3n) is 2.88. The summed E-state index contributed by atoms with van der Waals surface area (Å²) < 4.78 is 0. The van der Waals surface area contributed by atoms with Gasteiger partial charge in [-0.2, -0.15) is 0 Å². The highest BCUT2D eigenvalue weighted by Crippen LogP contribution is 2.23. The van der Waals surface area contributed by atoms with E-state index in [-0.39, 0.29) is 12.0 Å². The minimum Gasteiger partial charge on any atom is -0.395 e. The van der Waals surface area contributed by atoms with Crippen molar-refractivity contribution in [1.29, 1.82) is 0 Å². The van der Waals surface area contributed by atoms with E-state index in [1.807, 2.05) is 0 Å². The van der Waals surface area contributed by atoms with E-state index in [1.54, 1.807) is 6.07 Å². The SMILES string of the molecule is CCCCN(CCO)c1cc(N)nc(C(C)(C)C)n1. The van der Waals surface area contributed by atoms with E-state index in [4.69, 9.17) is 5.73 Å². The molecule has 3 N–H and O–H groups in total. The van der Waals surface area contributed by atoms with Crippen molar-refractivity contribution in [2.75, 3.05) is 30.3 Å². The number of anilines is 2. The van der Waals surface area contributed by atoms with Gasteiger partial charge in [-0.25, -0.2) is 9.97 Å². The maximum atomic E-state index is 9.18. The topological polar surface area (TPSA) is 75.3 Å². The molecule has 1 heterocycles. The lowest BCUT2D eigenvalue weighted by Gasteiger charge is -2.25. The van der Waals surface area contributed by atoms with Crippen molar-refractivity contribution < 1.29 is 5.11 Å². The van der Waals surface area contributed by atoms with Crippen molar-refractivity contribution in [3.8, 4) is 0 Å². The molecule has 0 amide bonds. The number of rotatable bonds is 6. The van der Waals surface area contributed by atoms with Crippen molar-refractivity contribution in [1.82, 2.24) is 9.97 Å². The van der Waals surface area contributed by atoms with Gasteiger partial charge >= 0.3 is 0 Å². The first-order valence-corrected chi connectivity index (χ1v) is 6.89. The van der Waals surface area contributed by atoms with Gasteiger partial charge in [0.25, 0.3) is 0 Å². The molecule has 0 unspecified atom stereocenters. The number of aliphatic hydroxyl groups excluding tert-OH is 1. The monoisotopic (exact) mass is 266 g/mol. The maximum absolute atomic E-state index is 9.18. The molecule has 5 nitrogen and oxygen atoms in total. The minimum atomic E-state index is -0.139. The molecule has 19 heavy (non-hydrogen) atoms. The second-order valence-corrected chi connectivity index (χ2v) is 5.79. The molecular weight excluding hydrogens is 240 g/mol. The zero-order chi connectivity index (χ0) is 14.5. The quantitative estimate of drug-likeness (QED) is 0.823. The fraction of sp³-hybridized carbons (Fsp3) is 0.714. The molecule has 0 aliphatic heterocycles. The molecule has 1 rings (SSSR count). The van der Waals surface area contributed by atoms with E-state index in [0.29, 0.717) is 12.4 Å². The van der Waals surface area contributed by atoms with Gasteiger partial charge in [0.05, 0.1) is 6.61 Å². The third-order valence-corrected chi connectivity index (χ3v) is 2.88. The average Bonchev–Trinajstić information content (AvgIpc) is 2.32. The van der Waals surface area contributed by atoms with Crippen molar-refractivity contribution in [2.24, 2.45) is 0 Å². The zero-order valence-electron chi connectivity index (χ0n) is 12.5. The lowest BCUT2D eigenvalue weighted by molar-refractivity contribution is 0.301. The van der Waals surface area contributed by atoms with Crippen LogP contribution in [0.2, 0.25) is 0 Å². The number of unbranched alkanes of at least 4 members (excludes halogenated alkanes) is 1. The largest absolute Gasteiger partial charge is 0.395 e. The van der Waals surface area contributed by atoms with Crippen molar-refractivity contribution in [3.63, 3.8) is 0 Å².